The summed E-state index contributed by atoms with van der Waals surface area (Å²) in [5.41, 5.74) is 1.27. The maximum atomic E-state index is 12.3. The second-order valence-corrected chi connectivity index (χ2v) is 6.38. The highest BCUT2D eigenvalue weighted by Crippen LogP contribution is 2.31. The average Bonchev–Trinajstić information content (AvgIpc) is 3.07. The average molecular weight is 319 g/mol. The third kappa shape index (κ3) is 2.34. The van der Waals surface area contributed by atoms with E-state index in [9.17, 15) is 10.1 Å². The molecule has 1 unspecified atom stereocenters. The molecule has 0 aliphatic carbocycles. The number of benzene rings is 1. The molecule has 0 bridgehead atoms. The smallest absolute Gasteiger partial charge is 0.187 e. The first-order chi connectivity index (χ1) is 9.69. The van der Waals surface area contributed by atoms with Crippen LogP contribution in [0.5, 0.6) is 0 Å². The Balaban J connectivity index is 2.04. The Morgan fingerprint density at radius 3 is 2.95 bits per heavy atom. The first-order valence-corrected chi connectivity index (χ1v) is 7.85. The largest absolute Gasteiger partial charge is 0.292 e. The monoisotopic (exact) mass is 318 g/mol. The zero-order valence-corrected chi connectivity index (χ0v) is 12.4. The van der Waals surface area contributed by atoms with Crippen LogP contribution < -0.4 is 0 Å². The van der Waals surface area contributed by atoms with Crippen LogP contribution in [0.1, 0.15) is 21.3 Å². The Hall–Kier alpha value is -1.74. The van der Waals surface area contributed by atoms with Gasteiger partial charge in [0.05, 0.1) is 16.3 Å². The summed E-state index contributed by atoms with van der Waals surface area (Å²) < 4.78 is 0.919. The van der Waals surface area contributed by atoms with Crippen molar-refractivity contribution in [2.45, 2.75) is 5.92 Å². The number of carbonyl (C=O) groups excluding carboxylic acids is 1. The van der Waals surface area contributed by atoms with Crippen molar-refractivity contribution in [2.75, 3.05) is 0 Å². The number of carbonyl (C=O) groups is 1. The summed E-state index contributed by atoms with van der Waals surface area (Å²) in [5, 5.41) is 14.0. The lowest BCUT2D eigenvalue weighted by Crippen LogP contribution is -2.09. The first kappa shape index (κ1) is 13.3. The molecule has 20 heavy (non-hydrogen) atoms. The molecule has 3 nitrogen and oxygen atoms in total. The van der Waals surface area contributed by atoms with E-state index in [4.69, 9.17) is 11.6 Å². The number of hydrogen-bond donors (Lipinski definition) is 0. The first-order valence-electron chi connectivity index (χ1n) is 5.71. The predicted octanol–water partition coefficient (Wildman–Crippen LogP) is 4.50. The lowest BCUT2D eigenvalue weighted by atomic mass is 10.0. The zero-order valence-electron chi connectivity index (χ0n) is 10.0. The zero-order chi connectivity index (χ0) is 14.1. The van der Waals surface area contributed by atoms with Crippen LogP contribution in [-0.4, -0.2) is 10.8 Å². The molecule has 0 aliphatic rings. The quantitative estimate of drug-likeness (QED) is 0.668. The van der Waals surface area contributed by atoms with Gasteiger partial charge >= 0.3 is 0 Å². The van der Waals surface area contributed by atoms with Crippen LogP contribution in [0.15, 0.2) is 35.0 Å². The molecule has 1 aromatic carbocycles. The second kappa shape index (κ2) is 5.33. The number of thiazole rings is 1. The van der Waals surface area contributed by atoms with Gasteiger partial charge in [0.25, 0.3) is 0 Å². The minimum absolute atomic E-state index is 0.209. The Kier molecular flexibility index (Phi) is 3.53. The molecule has 6 heteroatoms. The van der Waals surface area contributed by atoms with Gasteiger partial charge in [-0.05, 0) is 29.6 Å². The van der Waals surface area contributed by atoms with Gasteiger partial charge in [-0.2, -0.15) is 16.6 Å². The lowest BCUT2D eigenvalue weighted by molar-refractivity contribution is 0.0979. The van der Waals surface area contributed by atoms with E-state index >= 15 is 0 Å². The summed E-state index contributed by atoms with van der Waals surface area (Å²) in [6, 6.07) is 9.13. The van der Waals surface area contributed by atoms with E-state index < -0.39 is 5.92 Å². The minimum atomic E-state index is -0.860. The Morgan fingerprint density at radius 2 is 2.25 bits per heavy atom. The van der Waals surface area contributed by atoms with E-state index in [-0.39, 0.29) is 5.78 Å². The van der Waals surface area contributed by atoms with E-state index in [1.54, 1.807) is 23.6 Å². The van der Waals surface area contributed by atoms with Crippen LogP contribution in [0, 0.1) is 11.3 Å². The number of thiophene rings is 1. The van der Waals surface area contributed by atoms with Crippen molar-refractivity contribution in [3.8, 4) is 6.07 Å². The fourth-order valence-electron chi connectivity index (χ4n) is 1.84. The summed E-state index contributed by atoms with van der Waals surface area (Å²) in [7, 11) is 0. The van der Waals surface area contributed by atoms with E-state index in [0.717, 1.165) is 10.2 Å². The molecule has 3 aromatic rings. The highest BCUT2D eigenvalue weighted by atomic mass is 35.5. The van der Waals surface area contributed by atoms with Crippen molar-refractivity contribution in [2.24, 2.45) is 0 Å². The van der Waals surface area contributed by atoms with Crippen LogP contribution in [0.25, 0.3) is 10.2 Å². The molecular formula is C14H7ClN2OS2. The van der Waals surface area contributed by atoms with Crippen LogP contribution in [0.4, 0.5) is 0 Å². The molecule has 0 saturated carbocycles. The summed E-state index contributed by atoms with van der Waals surface area (Å²) >= 11 is 8.71. The normalized spacial score (nSPS) is 12.2. The molecule has 2 heterocycles. The van der Waals surface area contributed by atoms with Gasteiger partial charge < -0.3 is 0 Å². The van der Waals surface area contributed by atoms with Gasteiger partial charge in [0.1, 0.15) is 5.01 Å². The SMILES string of the molecule is N#CC(C(=O)c1ccsc1)c1nc2cc(Cl)ccc2s1. The molecule has 98 valence electrons. The number of nitrogens with zero attached hydrogens (tertiary/aromatic N) is 2. The topological polar surface area (TPSA) is 53.8 Å². The second-order valence-electron chi connectivity index (χ2n) is 4.10. The molecule has 0 radical (unpaired) electrons. The van der Waals surface area contributed by atoms with Crippen LogP contribution in [-0.2, 0) is 0 Å². The highest BCUT2D eigenvalue weighted by molar-refractivity contribution is 7.18. The number of aromatic nitrogens is 1. The third-order valence-corrected chi connectivity index (χ3v) is 4.83. The van der Waals surface area contributed by atoms with E-state index in [0.29, 0.717) is 15.6 Å². The summed E-state index contributed by atoms with van der Waals surface area (Å²) in [5.74, 6) is -1.07. The number of hydrogen-bond acceptors (Lipinski definition) is 5. The maximum absolute atomic E-state index is 12.3. The van der Waals surface area contributed by atoms with Gasteiger partial charge in [-0.15, -0.1) is 11.3 Å². The molecule has 0 fully saturated rings. The fraction of sp³-hybridized carbons (Fsp3) is 0.0714. The van der Waals surface area contributed by atoms with Crippen molar-refractivity contribution in [1.82, 2.24) is 4.98 Å². The van der Waals surface area contributed by atoms with Gasteiger partial charge in [0.2, 0.25) is 0 Å². The molecular weight excluding hydrogens is 312 g/mol. The van der Waals surface area contributed by atoms with E-state index in [1.165, 1.54) is 22.7 Å². The van der Waals surface area contributed by atoms with Gasteiger partial charge in [-0.25, -0.2) is 4.98 Å². The third-order valence-electron chi connectivity index (χ3n) is 2.81. The Morgan fingerprint density at radius 1 is 1.40 bits per heavy atom. The molecule has 0 amide bonds. The van der Waals surface area contributed by atoms with E-state index in [2.05, 4.69) is 11.1 Å². The molecule has 0 spiro atoms. The summed E-state index contributed by atoms with van der Waals surface area (Å²) in [6.45, 7) is 0. The highest BCUT2D eigenvalue weighted by Gasteiger charge is 2.25. The van der Waals surface area contributed by atoms with Crippen molar-refractivity contribution in [1.29, 1.82) is 5.26 Å². The summed E-state index contributed by atoms with van der Waals surface area (Å²) in [6.07, 6.45) is 0. The maximum Gasteiger partial charge on any atom is 0.187 e. The molecule has 3 rings (SSSR count). The molecule has 2 aromatic heterocycles. The molecule has 1 atom stereocenters. The van der Waals surface area contributed by atoms with Crippen molar-refractivity contribution in [3.63, 3.8) is 0 Å². The van der Waals surface area contributed by atoms with Crippen LogP contribution in [0.2, 0.25) is 5.02 Å². The number of rotatable bonds is 3. The Labute approximate surface area is 128 Å². The van der Waals surface area contributed by atoms with Crippen molar-refractivity contribution in [3.05, 3.63) is 50.6 Å². The van der Waals surface area contributed by atoms with Gasteiger partial charge in [-0.1, -0.05) is 11.6 Å². The number of nitriles is 1. The summed E-state index contributed by atoms with van der Waals surface area (Å²) in [4.78, 5) is 16.7. The lowest BCUT2D eigenvalue weighted by Gasteiger charge is -2.02. The fourth-order valence-corrected chi connectivity index (χ4v) is 3.64. The van der Waals surface area contributed by atoms with Gasteiger partial charge in [0.15, 0.2) is 11.7 Å². The van der Waals surface area contributed by atoms with Crippen molar-refractivity contribution >= 4 is 50.3 Å². The van der Waals surface area contributed by atoms with Crippen LogP contribution >= 0.6 is 34.3 Å². The standard InChI is InChI=1S/C14H7ClN2OS2/c15-9-1-2-12-11(5-9)17-14(20-12)10(6-16)13(18)8-3-4-19-7-8/h1-5,7,10H. The Bertz CT molecular complexity index is 817. The number of ketones is 1. The molecule has 0 aliphatic heterocycles. The van der Waals surface area contributed by atoms with Gasteiger partial charge in [0, 0.05) is 16.0 Å². The van der Waals surface area contributed by atoms with Crippen molar-refractivity contribution < 1.29 is 4.79 Å². The van der Waals surface area contributed by atoms with Gasteiger partial charge in [-0.3, -0.25) is 4.79 Å². The number of Topliss-reactive ketones (excluding diaryl/α,β-unsaturated/α-hetero) is 1. The molecule has 0 saturated heterocycles. The molecule has 0 N–H and O–H groups in total. The number of halogens is 1. The predicted molar refractivity (Wildman–Crippen MR) is 81.6 cm³/mol. The van der Waals surface area contributed by atoms with Crippen LogP contribution in [0.3, 0.4) is 0 Å². The minimum Gasteiger partial charge on any atom is -0.292 e. The van der Waals surface area contributed by atoms with E-state index in [1.807, 2.05) is 11.4 Å². The number of fused-ring (bicyclic) bond motifs is 1.